The van der Waals surface area contributed by atoms with Gasteiger partial charge in [0.1, 0.15) is 11.4 Å². The summed E-state index contributed by atoms with van der Waals surface area (Å²) in [4.78, 5) is 13.9. The molecule has 4 nitrogen and oxygen atoms in total. The summed E-state index contributed by atoms with van der Waals surface area (Å²) in [6.07, 6.45) is 2.22. The number of nitrogens with zero attached hydrogens (tertiary/aromatic N) is 1. The second-order valence-corrected chi connectivity index (χ2v) is 7.47. The minimum atomic E-state index is -0.479. The van der Waals surface area contributed by atoms with E-state index in [-0.39, 0.29) is 17.3 Å². The van der Waals surface area contributed by atoms with E-state index in [1.165, 1.54) is 12.1 Å². The van der Waals surface area contributed by atoms with Crippen molar-refractivity contribution in [1.29, 1.82) is 0 Å². The van der Waals surface area contributed by atoms with Gasteiger partial charge in [-0.2, -0.15) is 0 Å². The summed E-state index contributed by atoms with van der Waals surface area (Å²) in [5.74, 6) is -0.227. The van der Waals surface area contributed by atoms with Crippen LogP contribution in [0.3, 0.4) is 0 Å². The molecule has 1 amide bonds. The number of rotatable bonds is 3. The van der Waals surface area contributed by atoms with E-state index >= 15 is 0 Å². The first kappa shape index (κ1) is 17.7. The normalized spacial score (nSPS) is 17.9. The highest BCUT2D eigenvalue weighted by Gasteiger charge is 2.36. The van der Waals surface area contributed by atoms with E-state index in [0.717, 1.165) is 24.8 Å². The zero-order valence-corrected chi connectivity index (χ0v) is 14.3. The van der Waals surface area contributed by atoms with Crippen LogP contribution in [0.25, 0.3) is 0 Å². The van der Waals surface area contributed by atoms with Gasteiger partial charge in [0.25, 0.3) is 0 Å². The van der Waals surface area contributed by atoms with E-state index in [4.69, 9.17) is 10.5 Å². The Labute approximate surface area is 137 Å². The van der Waals surface area contributed by atoms with Gasteiger partial charge in [0.2, 0.25) is 0 Å². The topological polar surface area (TPSA) is 55.6 Å². The standard InChI is InChI=1S/C18H27FN2O2/c1-17(2,3)23-16(22)21-10-8-18(13-20,9-11-21)12-14-4-6-15(19)7-5-14/h4-7H,8-13,20H2,1-3H3. The first-order valence-corrected chi connectivity index (χ1v) is 8.15. The van der Waals surface area contributed by atoms with Crippen LogP contribution in [-0.4, -0.2) is 36.2 Å². The second kappa shape index (κ2) is 6.87. The lowest BCUT2D eigenvalue weighted by Gasteiger charge is -2.41. The maximum atomic E-state index is 13.0. The zero-order valence-electron chi connectivity index (χ0n) is 14.3. The number of likely N-dealkylation sites (tertiary alicyclic amines) is 1. The molecule has 0 spiro atoms. The van der Waals surface area contributed by atoms with Crippen LogP contribution in [0.5, 0.6) is 0 Å². The molecule has 0 aromatic heterocycles. The van der Waals surface area contributed by atoms with Gasteiger partial charge in [-0.05, 0) is 69.7 Å². The van der Waals surface area contributed by atoms with Crippen molar-refractivity contribution in [2.75, 3.05) is 19.6 Å². The van der Waals surface area contributed by atoms with Crippen LogP contribution in [0, 0.1) is 11.2 Å². The van der Waals surface area contributed by atoms with E-state index < -0.39 is 5.60 Å². The van der Waals surface area contributed by atoms with Crippen molar-refractivity contribution in [3.63, 3.8) is 0 Å². The zero-order chi connectivity index (χ0) is 17.1. The second-order valence-electron chi connectivity index (χ2n) is 7.47. The van der Waals surface area contributed by atoms with Crippen molar-refractivity contribution >= 4 is 6.09 Å². The van der Waals surface area contributed by atoms with Gasteiger partial charge >= 0.3 is 6.09 Å². The minimum Gasteiger partial charge on any atom is -0.444 e. The third kappa shape index (κ3) is 4.93. The summed E-state index contributed by atoms with van der Waals surface area (Å²) in [5.41, 5.74) is 6.61. The van der Waals surface area contributed by atoms with Gasteiger partial charge in [0, 0.05) is 13.1 Å². The lowest BCUT2D eigenvalue weighted by molar-refractivity contribution is 0.0109. The third-order valence-electron chi connectivity index (χ3n) is 4.40. The summed E-state index contributed by atoms with van der Waals surface area (Å²) >= 11 is 0. The third-order valence-corrected chi connectivity index (χ3v) is 4.40. The number of amides is 1. The van der Waals surface area contributed by atoms with Crippen molar-refractivity contribution in [2.45, 2.75) is 45.6 Å². The van der Waals surface area contributed by atoms with Gasteiger partial charge in [-0.1, -0.05) is 12.1 Å². The summed E-state index contributed by atoms with van der Waals surface area (Å²) in [6.45, 7) is 7.46. The first-order valence-electron chi connectivity index (χ1n) is 8.15. The van der Waals surface area contributed by atoms with Gasteiger partial charge in [0.05, 0.1) is 0 Å². The minimum absolute atomic E-state index is 0.0314. The molecule has 1 fully saturated rings. The van der Waals surface area contributed by atoms with Gasteiger partial charge in [0.15, 0.2) is 0 Å². The number of carbonyl (C=O) groups excluding carboxylic acids is 1. The Morgan fingerprint density at radius 3 is 2.30 bits per heavy atom. The lowest BCUT2D eigenvalue weighted by Crippen LogP contribution is -2.48. The highest BCUT2D eigenvalue weighted by molar-refractivity contribution is 5.68. The molecule has 1 saturated heterocycles. The largest absolute Gasteiger partial charge is 0.444 e. The fourth-order valence-corrected chi connectivity index (χ4v) is 2.98. The number of piperidine rings is 1. The molecule has 1 aromatic rings. The highest BCUT2D eigenvalue weighted by atomic mass is 19.1. The molecule has 0 atom stereocenters. The fraction of sp³-hybridized carbons (Fsp3) is 0.611. The van der Waals surface area contributed by atoms with Crippen molar-refractivity contribution in [1.82, 2.24) is 4.90 Å². The molecule has 2 N–H and O–H groups in total. The summed E-state index contributed by atoms with van der Waals surface area (Å²) in [6, 6.07) is 6.59. The Bertz CT molecular complexity index is 529. The highest BCUT2D eigenvalue weighted by Crippen LogP contribution is 2.34. The maximum Gasteiger partial charge on any atom is 0.410 e. The number of benzene rings is 1. The SMILES string of the molecule is CC(C)(C)OC(=O)N1CCC(CN)(Cc2ccc(F)cc2)CC1. The van der Waals surface area contributed by atoms with E-state index in [1.54, 1.807) is 4.90 Å². The molecular formula is C18H27FN2O2. The summed E-state index contributed by atoms with van der Waals surface area (Å²) in [5, 5.41) is 0. The number of nitrogens with two attached hydrogens (primary N) is 1. The lowest BCUT2D eigenvalue weighted by atomic mass is 9.74. The Kier molecular flexibility index (Phi) is 5.30. The van der Waals surface area contributed by atoms with E-state index in [2.05, 4.69) is 0 Å². The molecule has 5 heteroatoms. The van der Waals surface area contributed by atoms with Gasteiger partial charge in [-0.25, -0.2) is 9.18 Å². The molecular weight excluding hydrogens is 295 g/mol. The van der Waals surface area contributed by atoms with Crippen LogP contribution < -0.4 is 5.73 Å². The summed E-state index contributed by atoms with van der Waals surface area (Å²) in [7, 11) is 0. The molecule has 128 valence electrons. The summed E-state index contributed by atoms with van der Waals surface area (Å²) < 4.78 is 18.5. The smallest absolute Gasteiger partial charge is 0.410 e. The number of ether oxygens (including phenoxy) is 1. The molecule has 2 rings (SSSR count). The molecule has 1 aliphatic rings. The molecule has 0 aliphatic carbocycles. The average Bonchev–Trinajstić information content (AvgIpc) is 2.48. The Balaban J connectivity index is 1.96. The van der Waals surface area contributed by atoms with Crippen molar-refractivity contribution in [3.8, 4) is 0 Å². The monoisotopic (exact) mass is 322 g/mol. The molecule has 1 aromatic carbocycles. The van der Waals surface area contributed by atoms with Crippen LogP contribution >= 0.6 is 0 Å². The molecule has 1 heterocycles. The molecule has 0 bridgehead atoms. The number of hydrogen-bond acceptors (Lipinski definition) is 3. The van der Waals surface area contributed by atoms with Gasteiger partial charge in [-0.15, -0.1) is 0 Å². The van der Waals surface area contributed by atoms with Crippen LogP contribution in [-0.2, 0) is 11.2 Å². The number of carbonyl (C=O) groups is 1. The fourth-order valence-electron chi connectivity index (χ4n) is 2.98. The maximum absolute atomic E-state index is 13.0. The Morgan fingerprint density at radius 1 is 1.26 bits per heavy atom. The van der Waals surface area contributed by atoms with Crippen LogP contribution in [0.1, 0.15) is 39.2 Å². The van der Waals surface area contributed by atoms with Crippen LogP contribution in [0.2, 0.25) is 0 Å². The number of halogens is 1. The average molecular weight is 322 g/mol. The molecule has 1 aliphatic heterocycles. The quantitative estimate of drug-likeness (QED) is 0.928. The predicted octanol–water partition coefficient (Wildman–Crippen LogP) is 3.34. The van der Waals surface area contributed by atoms with E-state index in [1.807, 2.05) is 32.9 Å². The number of hydrogen-bond donors (Lipinski definition) is 1. The van der Waals surface area contributed by atoms with Gasteiger partial charge in [-0.3, -0.25) is 0 Å². The molecule has 0 saturated carbocycles. The predicted molar refractivity (Wildman–Crippen MR) is 88.6 cm³/mol. The van der Waals surface area contributed by atoms with E-state index in [9.17, 15) is 9.18 Å². The van der Waals surface area contributed by atoms with Crippen molar-refractivity contribution in [3.05, 3.63) is 35.6 Å². The first-order chi connectivity index (χ1) is 10.7. The van der Waals surface area contributed by atoms with E-state index in [0.29, 0.717) is 19.6 Å². The van der Waals surface area contributed by atoms with Crippen LogP contribution in [0.15, 0.2) is 24.3 Å². The Morgan fingerprint density at radius 2 is 1.83 bits per heavy atom. The molecule has 0 unspecified atom stereocenters. The Hall–Kier alpha value is -1.62. The van der Waals surface area contributed by atoms with Crippen molar-refractivity contribution < 1.29 is 13.9 Å². The molecule has 23 heavy (non-hydrogen) atoms. The van der Waals surface area contributed by atoms with Crippen LogP contribution in [0.4, 0.5) is 9.18 Å². The van der Waals surface area contributed by atoms with Crippen molar-refractivity contribution in [2.24, 2.45) is 11.1 Å². The molecule has 0 radical (unpaired) electrons. The van der Waals surface area contributed by atoms with Gasteiger partial charge < -0.3 is 15.4 Å².